The van der Waals surface area contributed by atoms with Gasteiger partial charge in [0.2, 0.25) is 5.82 Å². The first-order valence-electron chi connectivity index (χ1n) is 6.51. The van der Waals surface area contributed by atoms with Gasteiger partial charge in [-0.1, -0.05) is 12.1 Å². The molecule has 0 aromatic heterocycles. The molecule has 1 amide bonds. The molecule has 23 heavy (non-hydrogen) atoms. The van der Waals surface area contributed by atoms with Gasteiger partial charge in [0.25, 0.3) is 5.91 Å². The lowest BCUT2D eigenvalue weighted by Crippen LogP contribution is -2.40. The van der Waals surface area contributed by atoms with Crippen LogP contribution in [0.1, 0.15) is 27.7 Å². The summed E-state index contributed by atoms with van der Waals surface area (Å²) in [6.45, 7) is 1.64. The number of para-hydroxylation sites is 1. The van der Waals surface area contributed by atoms with Gasteiger partial charge in [0.1, 0.15) is 6.17 Å². The Morgan fingerprint density at radius 1 is 0.870 bits per heavy atom. The lowest BCUT2D eigenvalue weighted by atomic mass is 10.0. The highest BCUT2D eigenvalue weighted by atomic mass is 19.2. The molecule has 8 heteroatoms. The number of hydrogen-bond acceptors (Lipinski definition) is 2. The SMILES string of the molecule is Cc1cccc2c1N[C@H](c1c(F)c(F)c(F)c(F)c1F)NC2=O. The molecule has 2 aromatic rings. The van der Waals surface area contributed by atoms with Crippen molar-refractivity contribution < 1.29 is 26.7 Å². The van der Waals surface area contributed by atoms with Crippen LogP contribution in [0.25, 0.3) is 0 Å². The molecule has 0 aliphatic carbocycles. The van der Waals surface area contributed by atoms with E-state index < -0.39 is 46.7 Å². The van der Waals surface area contributed by atoms with Crippen LogP contribution in [-0.2, 0) is 0 Å². The largest absolute Gasteiger partial charge is 0.361 e. The maximum atomic E-state index is 13.9. The van der Waals surface area contributed by atoms with Gasteiger partial charge < -0.3 is 10.6 Å². The third-order valence-corrected chi connectivity index (χ3v) is 3.61. The van der Waals surface area contributed by atoms with Crippen LogP contribution in [0.15, 0.2) is 18.2 Å². The predicted molar refractivity (Wildman–Crippen MR) is 71.2 cm³/mol. The summed E-state index contributed by atoms with van der Waals surface area (Å²) in [5.74, 6) is -11.0. The molecule has 0 bridgehead atoms. The lowest BCUT2D eigenvalue weighted by molar-refractivity contribution is 0.0934. The van der Waals surface area contributed by atoms with E-state index in [0.29, 0.717) is 5.56 Å². The van der Waals surface area contributed by atoms with Crippen molar-refractivity contribution in [1.29, 1.82) is 0 Å². The zero-order chi connectivity index (χ0) is 16.9. The van der Waals surface area contributed by atoms with Gasteiger partial charge in [-0.25, -0.2) is 22.0 Å². The Bertz CT molecular complexity index is 808. The molecule has 3 rings (SSSR count). The third-order valence-electron chi connectivity index (χ3n) is 3.61. The molecule has 1 heterocycles. The summed E-state index contributed by atoms with van der Waals surface area (Å²) in [4.78, 5) is 12.0. The highest BCUT2D eigenvalue weighted by Gasteiger charge is 2.34. The van der Waals surface area contributed by atoms with E-state index >= 15 is 0 Å². The highest BCUT2D eigenvalue weighted by Crippen LogP contribution is 2.33. The standard InChI is InChI=1S/C15H9F5N2O/c1-5-3-2-4-6-13(5)21-14(22-15(6)23)7-8(16)10(18)12(20)11(19)9(7)17/h2-4,14,21H,1H3,(H,22,23)/t14-/m0/s1. The number of halogens is 5. The Balaban J connectivity index is 2.16. The number of anilines is 1. The highest BCUT2D eigenvalue weighted by molar-refractivity contribution is 6.02. The van der Waals surface area contributed by atoms with E-state index in [1.54, 1.807) is 19.1 Å². The summed E-state index contributed by atoms with van der Waals surface area (Å²) in [5, 5.41) is 4.79. The number of amides is 1. The first-order valence-corrected chi connectivity index (χ1v) is 6.51. The average Bonchev–Trinajstić information content (AvgIpc) is 2.52. The van der Waals surface area contributed by atoms with Crippen LogP contribution < -0.4 is 10.6 Å². The number of hydrogen-bond donors (Lipinski definition) is 2. The maximum absolute atomic E-state index is 13.9. The average molecular weight is 328 g/mol. The minimum absolute atomic E-state index is 0.213. The minimum Gasteiger partial charge on any atom is -0.361 e. The van der Waals surface area contributed by atoms with E-state index in [1.165, 1.54) is 6.07 Å². The number of rotatable bonds is 1. The van der Waals surface area contributed by atoms with Crippen molar-refractivity contribution in [2.45, 2.75) is 13.1 Å². The molecule has 1 aliphatic rings. The Kier molecular flexibility index (Phi) is 3.46. The molecule has 0 fully saturated rings. The molecule has 0 saturated heterocycles. The van der Waals surface area contributed by atoms with Gasteiger partial charge >= 0.3 is 0 Å². The third kappa shape index (κ3) is 2.21. The van der Waals surface area contributed by atoms with Crippen LogP contribution in [0.2, 0.25) is 0 Å². The van der Waals surface area contributed by atoms with E-state index in [9.17, 15) is 26.7 Å². The summed E-state index contributed by atoms with van der Waals surface area (Å²) in [6, 6.07) is 4.72. The van der Waals surface area contributed by atoms with E-state index in [0.717, 1.165) is 0 Å². The number of carbonyl (C=O) groups excluding carboxylic acids is 1. The lowest BCUT2D eigenvalue weighted by Gasteiger charge is -2.29. The monoisotopic (exact) mass is 328 g/mol. The van der Waals surface area contributed by atoms with Crippen molar-refractivity contribution in [1.82, 2.24) is 5.32 Å². The van der Waals surface area contributed by atoms with Gasteiger partial charge in [-0.2, -0.15) is 0 Å². The summed E-state index contributed by atoms with van der Waals surface area (Å²) >= 11 is 0. The molecule has 120 valence electrons. The number of nitrogens with one attached hydrogen (secondary N) is 2. The molecular formula is C15H9F5N2O. The van der Waals surface area contributed by atoms with Gasteiger partial charge in [-0.05, 0) is 18.6 Å². The first kappa shape index (κ1) is 15.3. The van der Waals surface area contributed by atoms with Crippen LogP contribution in [-0.4, -0.2) is 5.91 Å². The number of fused-ring (bicyclic) bond motifs is 1. The van der Waals surface area contributed by atoms with Crippen LogP contribution in [0.4, 0.5) is 27.6 Å². The van der Waals surface area contributed by atoms with Crippen molar-refractivity contribution >= 4 is 11.6 Å². The Labute approximate surface area is 127 Å². The molecule has 0 spiro atoms. The molecule has 0 unspecified atom stereocenters. The van der Waals surface area contributed by atoms with Crippen LogP contribution in [0, 0.1) is 36.0 Å². The van der Waals surface area contributed by atoms with Crippen molar-refractivity contribution in [3.63, 3.8) is 0 Å². The van der Waals surface area contributed by atoms with Crippen molar-refractivity contribution in [3.05, 3.63) is 64.0 Å². The van der Waals surface area contributed by atoms with Crippen molar-refractivity contribution in [3.8, 4) is 0 Å². The second-order valence-electron chi connectivity index (χ2n) is 5.03. The fourth-order valence-electron chi connectivity index (χ4n) is 2.46. The fraction of sp³-hybridized carbons (Fsp3) is 0.133. The van der Waals surface area contributed by atoms with Crippen molar-refractivity contribution in [2.75, 3.05) is 5.32 Å². The van der Waals surface area contributed by atoms with E-state index in [4.69, 9.17) is 0 Å². The number of aryl methyl sites for hydroxylation is 1. The smallest absolute Gasteiger partial charge is 0.255 e. The second kappa shape index (κ2) is 5.22. The molecule has 1 aliphatic heterocycles. The molecule has 0 saturated carbocycles. The second-order valence-corrected chi connectivity index (χ2v) is 5.03. The Morgan fingerprint density at radius 2 is 1.43 bits per heavy atom. The maximum Gasteiger partial charge on any atom is 0.255 e. The Morgan fingerprint density at radius 3 is 2.04 bits per heavy atom. The van der Waals surface area contributed by atoms with E-state index in [1.807, 2.05) is 0 Å². The fourth-order valence-corrected chi connectivity index (χ4v) is 2.46. The Hall–Kier alpha value is -2.64. The van der Waals surface area contributed by atoms with Gasteiger partial charge in [0.15, 0.2) is 23.3 Å². The van der Waals surface area contributed by atoms with Crippen molar-refractivity contribution in [2.24, 2.45) is 0 Å². The molecular weight excluding hydrogens is 319 g/mol. The summed E-state index contributed by atoms with van der Waals surface area (Å²) in [7, 11) is 0. The minimum atomic E-state index is -2.25. The van der Waals surface area contributed by atoms with E-state index in [-0.39, 0.29) is 11.3 Å². The zero-order valence-corrected chi connectivity index (χ0v) is 11.6. The molecule has 3 nitrogen and oxygen atoms in total. The van der Waals surface area contributed by atoms with Gasteiger partial charge in [-0.15, -0.1) is 0 Å². The summed E-state index contributed by atoms with van der Waals surface area (Å²) in [6.07, 6.45) is -1.58. The molecule has 2 aromatic carbocycles. The quantitative estimate of drug-likeness (QED) is 0.478. The summed E-state index contributed by atoms with van der Waals surface area (Å²) in [5.41, 5.74) is -0.0646. The zero-order valence-electron chi connectivity index (χ0n) is 11.6. The number of carbonyl (C=O) groups is 1. The van der Waals surface area contributed by atoms with Gasteiger partial charge in [0.05, 0.1) is 16.8 Å². The molecule has 1 atom stereocenters. The molecule has 0 radical (unpaired) electrons. The van der Waals surface area contributed by atoms with E-state index in [2.05, 4.69) is 10.6 Å². The predicted octanol–water partition coefficient (Wildman–Crippen LogP) is 3.54. The van der Waals surface area contributed by atoms with Crippen LogP contribution in [0.5, 0.6) is 0 Å². The van der Waals surface area contributed by atoms with Crippen LogP contribution >= 0.6 is 0 Å². The first-order chi connectivity index (χ1) is 10.8. The number of benzene rings is 2. The summed E-state index contributed by atoms with van der Waals surface area (Å²) < 4.78 is 67.5. The van der Waals surface area contributed by atoms with Gasteiger partial charge in [0, 0.05) is 0 Å². The topological polar surface area (TPSA) is 41.1 Å². The molecule has 2 N–H and O–H groups in total. The van der Waals surface area contributed by atoms with Gasteiger partial charge in [-0.3, -0.25) is 4.79 Å². The van der Waals surface area contributed by atoms with Crippen LogP contribution in [0.3, 0.4) is 0 Å². The normalized spacial score (nSPS) is 16.6.